The molecule has 0 fully saturated rings. The van der Waals surface area contributed by atoms with Crippen molar-refractivity contribution in [2.75, 3.05) is 0 Å². The van der Waals surface area contributed by atoms with Crippen LogP contribution in [0.3, 0.4) is 0 Å². The van der Waals surface area contributed by atoms with Crippen LogP contribution in [0.25, 0.3) is 0 Å². The molecule has 0 amide bonds. The van der Waals surface area contributed by atoms with Gasteiger partial charge in [-0.3, -0.25) is 0 Å². The molecule has 296 valence electrons. The molecular weight excluding hydrogens is 1030 g/mol. The van der Waals surface area contributed by atoms with Crippen molar-refractivity contribution in [3.63, 3.8) is 0 Å². The molecule has 0 aliphatic heterocycles. The van der Waals surface area contributed by atoms with E-state index in [4.69, 9.17) is 99.8 Å². The number of hydrogen-bond acceptors (Lipinski definition) is 25. The van der Waals surface area contributed by atoms with Crippen LogP contribution in [0.5, 0.6) is 0 Å². The summed E-state index contributed by atoms with van der Waals surface area (Å²) in [5.41, 5.74) is -2.97. The summed E-state index contributed by atoms with van der Waals surface area (Å²) in [5, 5.41) is 193. The quantitative estimate of drug-likeness (QED) is 0.250. The van der Waals surface area contributed by atoms with Crippen LogP contribution in [0.15, 0.2) is 0 Å². The average Bonchev–Trinajstić information content (AvgIpc) is 3.19. The van der Waals surface area contributed by atoms with E-state index in [1.54, 1.807) is 0 Å². The van der Waals surface area contributed by atoms with Gasteiger partial charge in [-0.1, -0.05) is 0 Å². The molecule has 0 aromatic rings. The number of aliphatic hydroxyl groups is 1. The Kier molecular flexibility index (Phi) is 28.4. The van der Waals surface area contributed by atoms with Crippen molar-refractivity contribution in [3.05, 3.63) is 0 Å². The number of hydrogen-bond donors (Lipinski definition) is 1. The zero-order chi connectivity index (χ0) is 42.6. The zero-order valence-corrected chi connectivity index (χ0v) is 33.4. The first kappa shape index (κ1) is 75.2. The Balaban J connectivity index is -0.0000000640. The van der Waals surface area contributed by atoms with E-state index in [1.807, 2.05) is 0 Å². The van der Waals surface area contributed by atoms with Crippen molar-refractivity contribution in [1.29, 1.82) is 94.7 Å². The van der Waals surface area contributed by atoms with Gasteiger partial charge in [0.1, 0.15) is 5.60 Å². The van der Waals surface area contributed by atoms with Gasteiger partial charge in [-0.2, -0.15) is 0 Å². The average molecular weight is 1030 g/mol. The van der Waals surface area contributed by atoms with Crippen molar-refractivity contribution in [2.24, 2.45) is 0 Å². The van der Waals surface area contributed by atoms with Crippen LogP contribution in [-0.2, 0) is 97.8 Å². The number of carbonyl (C=O) groups excluding carboxylic acids is 3. The van der Waals surface area contributed by atoms with E-state index in [-0.39, 0.29) is 69.7 Å². The van der Waals surface area contributed by atoms with Crippen molar-refractivity contribution < 1.29 is 118 Å². The molecule has 28 nitrogen and oxygen atoms in total. The molecule has 34 heteroatoms. The molecule has 0 aromatic carbocycles. The van der Waals surface area contributed by atoms with E-state index in [1.165, 1.54) is 0 Å². The van der Waals surface area contributed by atoms with Crippen LogP contribution in [0, 0.1) is 184 Å². The minimum atomic E-state index is -6.17. The van der Waals surface area contributed by atoms with E-state index in [9.17, 15) is 29.7 Å². The Bertz CT molecular complexity index is 1880. The van der Waals surface area contributed by atoms with Gasteiger partial charge in [0, 0.05) is 24.8 Å². The Morgan fingerprint density at radius 1 is 0.362 bits per heavy atom. The maximum absolute atomic E-state index is 10.1. The molecule has 15 radical (unpaired) electrons. The fourth-order valence-corrected chi connectivity index (χ4v) is 3.96. The second-order valence-electron chi connectivity index (χ2n) is 7.82. The summed E-state index contributed by atoms with van der Waals surface area (Å²) in [6.07, 6.45) is -2.72. The van der Waals surface area contributed by atoms with Crippen molar-refractivity contribution >= 4 is 17.9 Å². The molecule has 0 heterocycles. The zero-order valence-electron chi connectivity index (χ0n) is 26.8. The Morgan fingerprint density at radius 2 is 0.466 bits per heavy atom. The summed E-state index contributed by atoms with van der Waals surface area (Å²) in [4.78, 5) is 48.6. The topological polar surface area (TPSA) is 660 Å². The number of nitrogens with zero attached hydrogens (tertiary/aromatic N) is 21. The Hall–Kier alpha value is -7.81. The molecule has 0 spiro atoms. The summed E-state index contributed by atoms with van der Waals surface area (Å²) < 4.78 is 0. The Labute approximate surface area is 354 Å². The van der Waals surface area contributed by atoms with Gasteiger partial charge in [0.25, 0.3) is 0 Å². The van der Waals surface area contributed by atoms with Gasteiger partial charge >= 0.3 is 286 Å². The van der Waals surface area contributed by atoms with Gasteiger partial charge in [0.05, 0.1) is 5.97 Å². The minimum absolute atomic E-state index is 0. The molecule has 0 bridgehead atoms. The van der Waals surface area contributed by atoms with Crippen molar-refractivity contribution in [1.82, 2.24) is 18.5 Å². The third-order valence-electron chi connectivity index (χ3n) is 4.81. The predicted molar refractivity (Wildman–Crippen MR) is 137 cm³/mol. The first-order valence-electron chi connectivity index (χ1n) is 10.3. The van der Waals surface area contributed by atoms with Gasteiger partial charge in [0.15, 0.2) is 0 Å². The monoisotopic (exact) mass is 1030 g/mol. The van der Waals surface area contributed by atoms with Crippen LogP contribution < -0.4 is 33.8 Å². The van der Waals surface area contributed by atoms with Crippen LogP contribution in [0.4, 0.5) is 0 Å². The number of carboxylic acids is 3. The molecule has 58 heavy (non-hydrogen) atoms. The fourth-order valence-electron chi connectivity index (χ4n) is 1.48. The summed E-state index contributed by atoms with van der Waals surface area (Å²) in [5.74, 6) is -5.98. The molecule has 0 atom stereocenters. The summed E-state index contributed by atoms with van der Waals surface area (Å²) in [7, 11) is -18.5. The largest absolute Gasteiger partial charge is 3.00 e. The second-order valence-corrected chi connectivity index (χ2v) is 24.7. The van der Waals surface area contributed by atoms with Gasteiger partial charge in [-0.25, -0.2) is 0 Å². The molecule has 0 saturated carbocycles. The van der Waals surface area contributed by atoms with E-state index in [2.05, 4.69) is 0 Å². The van der Waals surface area contributed by atoms with Crippen LogP contribution in [-0.4, -0.2) is 28.6 Å². The number of carbonyl (C=O) groups is 3. The molecule has 0 rings (SSSR count). The normalized spacial score (nSPS) is 11.4. The molecule has 0 aliphatic rings. The van der Waals surface area contributed by atoms with Gasteiger partial charge in [0.2, 0.25) is 0 Å². The van der Waals surface area contributed by atoms with Crippen LogP contribution in [0.2, 0.25) is 0 Å². The Morgan fingerprint density at radius 3 is 0.500 bits per heavy atom. The first-order valence-corrected chi connectivity index (χ1v) is 20.3. The smallest absolute Gasteiger partial charge is 0.550 e. The molecular formula is C24H5Fe6N21O7. The second kappa shape index (κ2) is 21.9. The predicted octanol–water partition coefficient (Wildman–Crippen LogP) is -6.41. The van der Waals surface area contributed by atoms with Crippen molar-refractivity contribution in [2.45, 2.75) is 18.4 Å². The summed E-state index contributed by atoms with van der Waals surface area (Å²) in [6, 6.07) is 0. The fraction of sp³-hybridized carbons (Fsp3) is 0.125. The van der Waals surface area contributed by atoms with E-state index < -0.39 is 68.5 Å². The number of rotatable bonds is 5. The van der Waals surface area contributed by atoms with E-state index in [0.717, 1.165) is 89.4 Å². The van der Waals surface area contributed by atoms with Gasteiger partial charge < -0.3 is 34.8 Å². The third kappa shape index (κ3) is 11.1. The maximum Gasteiger partial charge on any atom is 3.00 e. The first-order chi connectivity index (χ1) is 23.7. The van der Waals surface area contributed by atoms with Gasteiger partial charge in [-0.05, 0) is 0 Å². The van der Waals surface area contributed by atoms with Crippen molar-refractivity contribution in [3.8, 4) is 89.4 Å². The minimum Gasteiger partial charge on any atom is -0.550 e. The number of carboxylic acid groups (broad SMARTS) is 3. The molecule has 0 aliphatic carbocycles. The van der Waals surface area contributed by atoms with E-state index >= 15 is 0 Å². The maximum atomic E-state index is 10.1. The van der Waals surface area contributed by atoms with Crippen LogP contribution >= 0.6 is 0 Å². The standard InChI is InChI=1S/C6H8O7.18CN.6Fe.3N/c7-3(8)1-6(13,5(11)12)2-4(9)10;18*1-2;;;;;;;;;/h13H,1-2H2,(H,7,8)(H,9,10)(H,11,12);;;;;;;;;;;;;;;;;;;;;;;;;;;/q;;;;;;;;;;;;;;;;;;;3*-3;3*+3;3*+1/p-3. The number of aliphatic carboxylic acids is 3. The summed E-state index contributed by atoms with van der Waals surface area (Å²) >= 11 is 0. The SMILES string of the molecule is N#[C][Fe-3]([C]#N)([C]#N)([C]#N)([C]#N)[C]#N.N#[C][Fe-3]([C]#N)([C]#N)([C]#N)([C]#N)[C]#N.N#[C][Fe-3]([C]#N)([C]#N)([C]#N)([C]#N)[C]#N.O=C([O-])CC(O)(CC(=O)[O-])C(=O)[O-].[Fe+3].[Fe+3].[Fe+3].[N+].[N+].[N+]. The third-order valence-corrected chi connectivity index (χ3v) is 15.9. The van der Waals surface area contributed by atoms with Gasteiger partial charge in [-0.15, -0.1) is 0 Å². The molecule has 0 aromatic heterocycles. The molecule has 0 saturated heterocycles. The summed E-state index contributed by atoms with van der Waals surface area (Å²) in [6.45, 7) is 0. The number of nitriles is 18. The molecule has 0 unspecified atom stereocenters. The molecule has 1 N–H and O–H groups in total. The van der Waals surface area contributed by atoms with Crippen LogP contribution in [0.1, 0.15) is 12.8 Å². The van der Waals surface area contributed by atoms with E-state index in [0.29, 0.717) is 0 Å².